The highest BCUT2D eigenvalue weighted by molar-refractivity contribution is 7.12. The molecule has 0 saturated heterocycles. The minimum absolute atomic E-state index is 0.319. The molecule has 0 aliphatic carbocycles. The molecule has 0 saturated carbocycles. The van der Waals surface area contributed by atoms with Gasteiger partial charge in [0, 0.05) is 9.75 Å². The molecule has 1 aromatic rings. The third kappa shape index (κ3) is 3.32. The van der Waals surface area contributed by atoms with Gasteiger partial charge in [0.2, 0.25) is 0 Å². The maximum absolute atomic E-state index is 11.3. The topological polar surface area (TPSA) is 52.3 Å². The number of hydrogen-bond donors (Lipinski definition) is 1. The lowest BCUT2D eigenvalue weighted by atomic mass is 10.1. The lowest BCUT2D eigenvalue weighted by Gasteiger charge is -2.09. The summed E-state index contributed by atoms with van der Waals surface area (Å²) in [4.78, 5) is 13.8. The van der Waals surface area contributed by atoms with Crippen molar-refractivity contribution in [2.45, 2.75) is 33.2 Å². The first kappa shape index (κ1) is 12.2. The van der Waals surface area contributed by atoms with E-state index in [4.69, 9.17) is 10.5 Å². The van der Waals surface area contributed by atoms with Crippen molar-refractivity contribution in [1.29, 1.82) is 0 Å². The van der Waals surface area contributed by atoms with Gasteiger partial charge in [-0.2, -0.15) is 0 Å². The molecule has 1 unspecified atom stereocenters. The maximum Gasteiger partial charge on any atom is 0.323 e. The molecule has 0 spiro atoms. The fourth-order valence-corrected chi connectivity index (χ4v) is 2.41. The van der Waals surface area contributed by atoms with Crippen LogP contribution in [0.3, 0.4) is 0 Å². The van der Waals surface area contributed by atoms with Gasteiger partial charge in [-0.3, -0.25) is 4.79 Å². The molecule has 0 radical (unpaired) electrons. The number of carbonyl (C=O) groups is 1. The van der Waals surface area contributed by atoms with Crippen LogP contribution in [0.25, 0.3) is 0 Å². The molecule has 0 aliphatic heterocycles. The minimum atomic E-state index is -0.544. The predicted molar refractivity (Wildman–Crippen MR) is 62.1 cm³/mol. The molecule has 0 aliphatic rings. The molecule has 84 valence electrons. The molecule has 0 aromatic carbocycles. The van der Waals surface area contributed by atoms with E-state index in [0.717, 1.165) is 5.56 Å². The largest absolute Gasteiger partial charge is 0.465 e. The summed E-state index contributed by atoms with van der Waals surface area (Å²) < 4.78 is 4.86. The van der Waals surface area contributed by atoms with Gasteiger partial charge in [-0.25, -0.2) is 0 Å². The van der Waals surface area contributed by atoms with Gasteiger partial charge in [-0.1, -0.05) is 0 Å². The molecule has 3 nitrogen and oxygen atoms in total. The van der Waals surface area contributed by atoms with Crippen molar-refractivity contribution < 1.29 is 9.53 Å². The Kier molecular flexibility index (Phi) is 4.29. The lowest BCUT2D eigenvalue weighted by Crippen LogP contribution is -2.34. The summed E-state index contributed by atoms with van der Waals surface area (Å²) in [7, 11) is 0. The Bertz CT molecular complexity index is 346. The Hall–Kier alpha value is -0.870. The predicted octanol–water partition coefficient (Wildman–Crippen LogP) is 1.80. The van der Waals surface area contributed by atoms with Crippen molar-refractivity contribution in [2.75, 3.05) is 6.61 Å². The average molecular weight is 227 g/mol. The first-order valence-electron chi connectivity index (χ1n) is 5.02. The van der Waals surface area contributed by atoms with E-state index < -0.39 is 6.04 Å². The number of aryl methyl sites for hydroxylation is 2. The Morgan fingerprint density at radius 2 is 2.27 bits per heavy atom. The summed E-state index contributed by atoms with van der Waals surface area (Å²) >= 11 is 1.73. The van der Waals surface area contributed by atoms with E-state index in [0.29, 0.717) is 13.0 Å². The van der Waals surface area contributed by atoms with E-state index in [1.807, 2.05) is 6.92 Å². The second kappa shape index (κ2) is 5.28. The first-order valence-corrected chi connectivity index (χ1v) is 5.84. The van der Waals surface area contributed by atoms with Crippen LogP contribution in [0.1, 0.15) is 22.2 Å². The molecule has 4 heteroatoms. The number of hydrogen-bond acceptors (Lipinski definition) is 4. The number of carbonyl (C=O) groups excluding carboxylic acids is 1. The summed E-state index contributed by atoms with van der Waals surface area (Å²) in [6.45, 7) is 6.26. The number of rotatable bonds is 4. The smallest absolute Gasteiger partial charge is 0.323 e. The Balaban J connectivity index is 2.61. The SMILES string of the molecule is CCOC(=O)C(N)Cc1cc(C)sc1C. The van der Waals surface area contributed by atoms with Crippen LogP contribution in [0, 0.1) is 13.8 Å². The molecular formula is C11H17NO2S. The highest BCUT2D eigenvalue weighted by Crippen LogP contribution is 2.21. The Morgan fingerprint density at radius 3 is 2.73 bits per heavy atom. The molecule has 15 heavy (non-hydrogen) atoms. The van der Waals surface area contributed by atoms with Gasteiger partial charge in [0.15, 0.2) is 0 Å². The van der Waals surface area contributed by atoms with Crippen LogP contribution in [0.2, 0.25) is 0 Å². The third-order valence-corrected chi connectivity index (χ3v) is 3.18. The molecule has 0 amide bonds. The highest BCUT2D eigenvalue weighted by atomic mass is 32.1. The van der Waals surface area contributed by atoms with Gasteiger partial charge < -0.3 is 10.5 Å². The standard InChI is InChI=1S/C11H17NO2S/c1-4-14-11(13)10(12)6-9-5-7(2)15-8(9)3/h5,10H,4,6,12H2,1-3H3. The maximum atomic E-state index is 11.3. The summed E-state index contributed by atoms with van der Waals surface area (Å²) in [5.41, 5.74) is 6.89. The second-order valence-corrected chi connectivity index (χ2v) is 4.96. The van der Waals surface area contributed by atoms with Crippen LogP contribution in [-0.2, 0) is 16.0 Å². The molecule has 1 atom stereocenters. The van der Waals surface area contributed by atoms with Crippen LogP contribution >= 0.6 is 11.3 Å². The molecule has 1 aromatic heterocycles. The van der Waals surface area contributed by atoms with Crippen LogP contribution in [0.4, 0.5) is 0 Å². The van der Waals surface area contributed by atoms with Gasteiger partial charge >= 0.3 is 5.97 Å². The van der Waals surface area contributed by atoms with Gasteiger partial charge in [0.25, 0.3) is 0 Å². The summed E-state index contributed by atoms with van der Waals surface area (Å²) in [5, 5.41) is 0. The fourth-order valence-electron chi connectivity index (χ4n) is 1.46. The number of esters is 1. The molecular weight excluding hydrogens is 210 g/mol. The second-order valence-electron chi connectivity index (χ2n) is 3.50. The van der Waals surface area contributed by atoms with Gasteiger partial charge in [-0.05, 0) is 38.8 Å². The van der Waals surface area contributed by atoms with Crippen molar-refractivity contribution in [3.63, 3.8) is 0 Å². The van der Waals surface area contributed by atoms with Crippen molar-refractivity contribution in [3.8, 4) is 0 Å². The first-order chi connectivity index (χ1) is 7.04. The number of thiophene rings is 1. The minimum Gasteiger partial charge on any atom is -0.465 e. The summed E-state index contributed by atoms with van der Waals surface area (Å²) in [5.74, 6) is -0.319. The molecule has 1 rings (SSSR count). The van der Waals surface area contributed by atoms with E-state index in [1.54, 1.807) is 18.3 Å². The Morgan fingerprint density at radius 1 is 1.60 bits per heavy atom. The molecule has 0 fully saturated rings. The zero-order valence-electron chi connectivity index (χ0n) is 9.37. The monoisotopic (exact) mass is 227 g/mol. The van der Waals surface area contributed by atoms with Crippen LogP contribution in [0.5, 0.6) is 0 Å². The zero-order valence-corrected chi connectivity index (χ0v) is 10.2. The fraction of sp³-hybridized carbons (Fsp3) is 0.545. The van der Waals surface area contributed by atoms with E-state index in [-0.39, 0.29) is 5.97 Å². The van der Waals surface area contributed by atoms with Crippen molar-refractivity contribution >= 4 is 17.3 Å². The van der Waals surface area contributed by atoms with Gasteiger partial charge in [0.05, 0.1) is 6.61 Å². The van der Waals surface area contributed by atoms with E-state index in [2.05, 4.69) is 13.0 Å². The normalized spacial score (nSPS) is 12.5. The molecule has 1 heterocycles. The number of ether oxygens (including phenoxy) is 1. The average Bonchev–Trinajstić information content (AvgIpc) is 2.45. The molecule has 0 bridgehead atoms. The lowest BCUT2D eigenvalue weighted by molar-refractivity contribution is -0.144. The van der Waals surface area contributed by atoms with Crippen LogP contribution < -0.4 is 5.73 Å². The highest BCUT2D eigenvalue weighted by Gasteiger charge is 2.16. The zero-order chi connectivity index (χ0) is 11.4. The van der Waals surface area contributed by atoms with E-state index in [1.165, 1.54) is 9.75 Å². The van der Waals surface area contributed by atoms with Crippen molar-refractivity contribution in [2.24, 2.45) is 5.73 Å². The van der Waals surface area contributed by atoms with Crippen LogP contribution in [0.15, 0.2) is 6.07 Å². The summed E-state index contributed by atoms with van der Waals surface area (Å²) in [6.07, 6.45) is 0.564. The van der Waals surface area contributed by atoms with Gasteiger partial charge in [0.1, 0.15) is 6.04 Å². The quantitative estimate of drug-likeness (QED) is 0.798. The van der Waals surface area contributed by atoms with Crippen molar-refractivity contribution in [1.82, 2.24) is 0 Å². The third-order valence-electron chi connectivity index (χ3n) is 2.17. The van der Waals surface area contributed by atoms with E-state index in [9.17, 15) is 4.79 Å². The van der Waals surface area contributed by atoms with Gasteiger partial charge in [-0.15, -0.1) is 11.3 Å². The molecule has 2 N–H and O–H groups in total. The van der Waals surface area contributed by atoms with Crippen molar-refractivity contribution in [3.05, 3.63) is 21.4 Å². The van der Waals surface area contributed by atoms with Crippen LogP contribution in [-0.4, -0.2) is 18.6 Å². The van der Waals surface area contributed by atoms with E-state index >= 15 is 0 Å². The summed E-state index contributed by atoms with van der Waals surface area (Å²) in [6, 6.07) is 1.54. The number of nitrogens with two attached hydrogens (primary N) is 1. The Labute approximate surface area is 94.2 Å².